The summed E-state index contributed by atoms with van der Waals surface area (Å²) in [6, 6.07) is 39.3. The maximum absolute atomic E-state index is 13.3. The molecule has 1 N–H and O–H groups in total. The lowest BCUT2D eigenvalue weighted by molar-refractivity contribution is -0.115. The molecule has 0 aromatic heterocycles. The average molecular weight is 590 g/mol. The number of nitrogens with one attached hydrogen (secondary N) is 1. The summed E-state index contributed by atoms with van der Waals surface area (Å²) in [5, 5.41) is 11.0. The molecule has 1 amide bonds. The van der Waals surface area contributed by atoms with Gasteiger partial charge >= 0.3 is 0 Å². The molecular weight excluding hydrogens is 550 g/mol. The standard InChI is InChI=1S/C41H39N3O/c1-43-21-23-44(24-22-43)33-15-20-35-32(27-33)14-19-38-34-16-12-31(26-30(34)13-18-39(35)38)37-17-11-29-9-5-6-10-36(29)41(37)42-40(45)25-28-7-3-2-4-8-28/h2-11,13-15,17-20,27,31H,12,16,21-26H2,1H3,(H,42,45). The minimum absolute atomic E-state index is 0.0312. The first-order valence-corrected chi connectivity index (χ1v) is 16.4. The zero-order valence-corrected chi connectivity index (χ0v) is 25.9. The number of benzene rings is 6. The third kappa shape index (κ3) is 5.34. The van der Waals surface area contributed by atoms with Crippen molar-refractivity contribution in [1.29, 1.82) is 0 Å². The fraction of sp³-hybridized carbons (Fsp3) is 0.244. The van der Waals surface area contributed by atoms with Gasteiger partial charge in [0.05, 0.1) is 12.1 Å². The number of nitrogens with zero attached hydrogens (tertiary/aromatic N) is 2. The van der Waals surface area contributed by atoms with Gasteiger partial charge in [-0.1, -0.05) is 97.1 Å². The molecule has 1 fully saturated rings. The summed E-state index contributed by atoms with van der Waals surface area (Å²) in [5.74, 6) is 0.377. The maximum atomic E-state index is 13.3. The van der Waals surface area contributed by atoms with Crippen molar-refractivity contribution in [3.05, 3.63) is 131 Å². The highest BCUT2D eigenvalue weighted by Crippen LogP contribution is 2.42. The van der Waals surface area contributed by atoms with Crippen molar-refractivity contribution in [3.63, 3.8) is 0 Å². The van der Waals surface area contributed by atoms with Gasteiger partial charge in [-0.15, -0.1) is 0 Å². The second kappa shape index (κ2) is 11.7. The number of rotatable bonds is 5. The van der Waals surface area contributed by atoms with E-state index in [2.05, 4.69) is 101 Å². The van der Waals surface area contributed by atoms with E-state index in [0.29, 0.717) is 12.3 Å². The van der Waals surface area contributed by atoms with Crippen LogP contribution in [0.4, 0.5) is 11.4 Å². The van der Waals surface area contributed by atoms with Crippen molar-refractivity contribution in [2.75, 3.05) is 43.4 Å². The number of hydrogen-bond donors (Lipinski definition) is 1. The van der Waals surface area contributed by atoms with Gasteiger partial charge < -0.3 is 15.1 Å². The summed E-state index contributed by atoms with van der Waals surface area (Å²) in [6.07, 6.45) is 3.44. The van der Waals surface area contributed by atoms with Gasteiger partial charge in [-0.3, -0.25) is 4.79 Å². The average Bonchev–Trinajstić information content (AvgIpc) is 3.08. The predicted octanol–water partition coefficient (Wildman–Crippen LogP) is 8.35. The van der Waals surface area contributed by atoms with Crippen LogP contribution < -0.4 is 10.2 Å². The minimum atomic E-state index is 0.0312. The maximum Gasteiger partial charge on any atom is 0.228 e. The van der Waals surface area contributed by atoms with Crippen LogP contribution in [0.25, 0.3) is 32.3 Å². The Bertz CT molecular complexity index is 2040. The third-order valence-corrected chi connectivity index (χ3v) is 10.2. The van der Waals surface area contributed by atoms with Crippen LogP contribution in [-0.4, -0.2) is 44.0 Å². The van der Waals surface area contributed by atoms with Gasteiger partial charge in [-0.2, -0.15) is 0 Å². The molecule has 1 atom stereocenters. The lowest BCUT2D eigenvalue weighted by Crippen LogP contribution is -2.44. The van der Waals surface area contributed by atoms with E-state index in [1.807, 2.05) is 30.3 Å². The van der Waals surface area contributed by atoms with Gasteiger partial charge in [0.15, 0.2) is 0 Å². The number of fused-ring (bicyclic) bond motifs is 6. The Morgan fingerprint density at radius 2 is 1.49 bits per heavy atom. The normalized spacial score (nSPS) is 17.1. The first kappa shape index (κ1) is 27.8. The van der Waals surface area contributed by atoms with Crippen LogP contribution in [0.1, 0.15) is 34.6 Å². The molecule has 1 aliphatic heterocycles. The van der Waals surface area contributed by atoms with Crippen LogP contribution in [-0.2, 0) is 24.1 Å². The first-order valence-electron chi connectivity index (χ1n) is 16.4. The summed E-state index contributed by atoms with van der Waals surface area (Å²) in [7, 11) is 2.21. The Kier molecular flexibility index (Phi) is 7.23. The third-order valence-electron chi connectivity index (χ3n) is 10.2. The number of carbonyl (C=O) groups is 1. The SMILES string of the molecule is CN1CCN(c2ccc3c(ccc4c5c(ccc43)CC(c3ccc4ccccc4c3NC(=O)Cc3ccccc3)CC5)c2)CC1. The molecule has 2 aliphatic rings. The van der Waals surface area contributed by atoms with Gasteiger partial charge in [0, 0.05) is 37.3 Å². The summed E-state index contributed by atoms with van der Waals surface area (Å²) >= 11 is 0. The van der Waals surface area contributed by atoms with E-state index in [-0.39, 0.29) is 5.91 Å². The van der Waals surface area contributed by atoms with E-state index in [1.165, 1.54) is 43.9 Å². The quantitative estimate of drug-likeness (QED) is 0.205. The van der Waals surface area contributed by atoms with Crippen molar-refractivity contribution in [2.24, 2.45) is 0 Å². The molecule has 224 valence electrons. The second-order valence-corrected chi connectivity index (χ2v) is 13.0. The summed E-state index contributed by atoms with van der Waals surface area (Å²) in [4.78, 5) is 18.2. The Morgan fingerprint density at radius 1 is 0.733 bits per heavy atom. The van der Waals surface area contributed by atoms with Crippen molar-refractivity contribution < 1.29 is 4.79 Å². The molecule has 1 saturated heterocycles. The van der Waals surface area contributed by atoms with Crippen molar-refractivity contribution in [3.8, 4) is 0 Å². The number of amides is 1. The van der Waals surface area contributed by atoms with Gasteiger partial charge in [-0.05, 0) is 93.5 Å². The van der Waals surface area contributed by atoms with Crippen molar-refractivity contribution in [2.45, 2.75) is 31.6 Å². The summed E-state index contributed by atoms with van der Waals surface area (Å²) in [6.45, 7) is 4.40. The fourth-order valence-corrected chi connectivity index (χ4v) is 7.67. The molecule has 0 bridgehead atoms. The van der Waals surface area contributed by atoms with E-state index in [9.17, 15) is 4.79 Å². The first-order chi connectivity index (χ1) is 22.1. The fourth-order valence-electron chi connectivity index (χ4n) is 7.67. The molecule has 8 rings (SSSR count). The second-order valence-electron chi connectivity index (χ2n) is 13.0. The highest BCUT2D eigenvalue weighted by molar-refractivity contribution is 6.10. The predicted molar refractivity (Wildman–Crippen MR) is 189 cm³/mol. The largest absolute Gasteiger partial charge is 0.369 e. The molecule has 45 heavy (non-hydrogen) atoms. The number of carbonyl (C=O) groups excluding carboxylic acids is 1. The minimum Gasteiger partial charge on any atom is -0.369 e. The lowest BCUT2D eigenvalue weighted by atomic mass is 9.77. The molecule has 1 unspecified atom stereocenters. The molecule has 1 heterocycles. The molecule has 6 aromatic rings. The molecule has 6 aromatic carbocycles. The van der Waals surface area contributed by atoms with Crippen molar-refractivity contribution in [1.82, 2.24) is 4.90 Å². The zero-order chi connectivity index (χ0) is 30.3. The van der Waals surface area contributed by atoms with Crippen LogP contribution in [0.3, 0.4) is 0 Å². The smallest absolute Gasteiger partial charge is 0.228 e. The molecule has 4 heteroatoms. The van der Waals surface area contributed by atoms with E-state index >= 15 is 0 Å². The Hall–Kier alpha value is -4.67. The van der Waals surface area contributed by atoms with Crippen LogP contribution in [0.5, 0.6) is 0 Å². The van der Waals surface area contributed by atoms with Gasteiger partial charge in [0.25, 0.3) is 0 Å². The number of hydrogen-bond acceptors (Lipinski definition) is 3. The molecule has 0 spiro atoms. The lowest BCUT2D eigenvalue weighted by Gasteiger charge is -2.34. The van der Waals surface area contributed by atoms with Gasteiger partial charge in [0.2, 0.25) is 5.91 Å². The topological polar surface area (TPSA) is 35.6 Å². The molecule has 0 radical (unpaired) electrons. The highest BCUT2D eigenvalue weighted by Gasteiger charge is 2.26. The van der Waals surface area contributed by atoms with E-state index in [0.717, 1.165) is 67.5 Å². The number of anilines is 2. The van der Waals surface area contributed by atoms with Gasteiger partial charge in [-0.25, -0.2) is 0 Å². The monoisotopic (exact) mass is 589 g/mol. The Labute approximate surface area is 265 Å². The number of piperazine rings is 1. The van der Waals surface area contributed by atoms with Crippen LogP contribution in [0, 0.1) is 0 Å². The molecule has 0 saturated carbocycles. The van der Waals surface area contributed by atoms with Crippen LogP contribution >= 0.6 is 0 Å². The van der Waals surface area contributed by atoms with E-state index in [1.54, 1.807) is 0 Å². The summed E-state index contributed by atoms with van der Waals surface area (Å²) in [5.41, 5.74) is 7.50. The van der Waals surface area contributed by atoms with E-state index in [4.69, 9.17) is 0 Å². The Balaban J connectivity index is 1.10. The summed E-state index contributed by atoms with van der Waals surface area (Å²) < 4.78 is 0. The van der Waals surface area contributed by atoms with Crippen LogP contribution in [0.2, 0.25) is 0 Å². The zero-order valence-electron chi connectivity index (χ0n) is 25.9. The van der Waals surface area contributed by atoms with Crippen LogP contribution in [0.15, 0.2) is 109 Å². The molecule has 4 nitrogen and oxygen atoms in total. The van der Waals surface area contributed by atoms with Crippen molar-refractivity contribution >= 4 is 49.6 Å². The van der Waals surface area contributed by atoms with Gasteiger partial charge in [0.1, 0.15) is 0 Å². The number of likely N-dealkylation sites (N-methyl/N-ethyl adjacent to an activating group) is 1. The molecule has 1 aliphatic carbocycles. The molecular formula is C41H39N3O. The van der Waals surface area contributed by atoms with E-state index < -0.39 is 0 Å². The highest BCUT2D eigenvalue weighted by atomic mass is 16.1. The Morgan fingerprint density at radius 3 is 2.36 bits per heavy atom. The number of aryl methyl sites for hydroxylation is 1.